The van der Waals surface area contributed by atoms with Crippen molar-refractivity contribution in [1.82, 2.24) is 20.1 Å². The Morgan fingerprint density at radius 3 is 2.78 bits per heavy atom. The molecule has 0 atom stereocenters. The van der Waals surface area contributed by atoms with E-state index in [1.165, 1.54) is 18.4 Å². The van der Waals surface area contributed by atoms with Crippen molar-refractivity contribution in [3.63, 3.8) is 0 Å². The van der Waals surface area contributed by atoms with E-state index in [1.54, 1.807) is 18.6 Å². The fourth-order valence-corrected chi connectivity index (χ4v) is 2.22. The Morgan fingerprint density at radius 1 is 1.22 bits per heavy atom. The molecule has 2 heterocycles. The molecule has 5 heteroatoms. The highest BCUT2D eigenvalue weighted by Gasteiger charge is 2.16. The third kappa shape index (κ3) is 2.03. The smallest absolute Gasteiger partial charge is 0.253 e. The van der Waals surface area contributed by atoms with Crippen LogP contribution >= 0.6 is 0 Å². The molecule has 0 aromatic carbocycles. The lowest BCUT2D eigenvalue weighted by atomic mass is 10.1. The van der Waals surface area contributed by atoms with Crippen molar-refractivity contribution in [1.29, 1.82) is 0 Å². The van der Waals surface area contributed by atoms with E-state index in [1.807, 2.05) is 0 Å². The van der Waals surface area contributed by atoms with Crippen LogP contribution in [0, 0.1) is 0 Å². The average molecular weight is 242 g/mol. The van der Waals surface area contributed by atoms with Crippen LogP contribution in [0.4, 0.5) is 0 Å². The predicted molar refractivity (Wildman–Crippen MR) is 66.4 cm³/mol. The van der Waals surface area contributed by atoms with Gasteiger partial charge in [-0.1, -0.05) is 10.7 Å². The predicted octanol–water partition coefficient (Wildman–Crippen LogP) is 2.87. The summed E-state index contributed by atoms with van der Waals surface area (Å²) in [6.45, 7) is 2.05. The van der Waals surface area contributed by atoms with Gasteiger partial charge >= 0.3 is 0 Å². The molecule has 0 radical (unpaired) electrons. The van der Waals surface area contributed by atoms with Crippen molar-refractivity contribution >= 4 is 5.57 Å². The molecule has 3 rings (SSSR count). The lowest BCUT2D eigenvalue weighted by Gasteiger charge is -1.99. The highest BCUT2D eigenvalue weighted by molar-refractivity contribution is 5.62. The Balaban J connectivity index is 1.92. The summed E-state index contributed by atoms with van der Waals surface area (Å²) < 4.78 is 5.31. The number of rotatable bonds is 2. The van der Waals surface area contributed by atoms with E-state index in [0.29, 0.717) is 17.4 Å². The Kier molecular flexibility index (Phi) is 2.88. The van der Waals surface area contributed by atoms with Crippen molar-refractivity contribution in [2.75, 3.05) is 0 Å². The maximum absolute atomic E-state index is 5.31. The monoisotopic (exact) mass is 242 g/mol. The second-order valence-corrected chi connectivity index (χ2v) is 4.45. The highest BCUT2D eigenvalue weighted by Crippen LogP contribution is 2.31. The summed E-state index contributed by atoms with van der Waals surface area (Å²) in [6, 6.07) is 0. The van der Waals surface area contributed by atoms with Crippen LogP contribution in [-0.2, 0) is 0 Å². The van der Waals surface area contributed by atoms with Crippen LogP contribution in [0.1, 0.15) is 38.5 Å². The lowest BCUT2D eigenvalue weighted by Crippen LogP contribution is -1.88. The molecule has 0 spiro atoms. The molecule has 0 N–H and O–H groups in total. The molecule has 0 bridgehead atoms. The van der Waals surface area contributed by atoms with Gasteiger partial charge in [-0.2, -0.15) is 4.98 Å². The maximum Gasteiger partial charge on any atom is 0.253 e. The summed E-state index contributed by atoms with van der Waals surface area (Å²) in [5, 5.41) is 3.96. The second kappa shape index (κ2) is 4.68. The number of allylic oxidation sites excluding steroid dienone is 2. The number of hydrogen-bond donors (Lipinski definition) is 0. The van der Waals surface area contributed by atoms with Gasteiger partial charge in [0.2, 0.25) is 5.82 Å². The Hall–Kier alpha value is -2.04. The number of nitrogens with zero attached hydrogens (tertiary/aromatic N) is 4. The van der Waals surface area contributed by atoms with Crippen molar-refractivity contribution in [2.24, 2.45) is 0 Å². The summed E-state index contributed by atoms with van der Waals surface area (Å²) in [7, 11) is 0. The molecule has 18 heavy (non-hydrogen) atoms. The molecule has 0 amide bonds. The van der Waals surface area contributed by atoms with Crippen LogP contribution in [0.25, 0.3) is 17.1 Å². The Bertz CT molecular complexity index is 566. The standard InChI is InChI=1S/C13H14N4O/c1-9(10-4-2-3-5-10)13-16-12(17-18-13)11-8-14-6-7-15-11/h6-8H,2-5H2,1H3. The zero-order chi connectivity index (χ0) is 12.4. The molecule has 0 unspecified atom stereocenters. The van der Waals surface area contributed by atoms with E-state index in [9.17, 15) is 0 Å². The number of hydrogen-bond acceptors (Lipinski definition) is 5. The van der Waals surface area contributed by atoms with Gasteiger partial charge in [-0.25, -0.2) is 4.98 Å². The van der Waals surface area contributed by atoms with E-state index in [2.05, 4.69) is 27.0 Å². The van der Waals surface area contributed by atoms with Gasteiger partial charge in [-0.3, -0.25) is 4.98 Å². The summed E-state index contributed by atoms with van der Waals surface area (Å²) in [5.74, 6) is 1.10. The van der Waals surface area contributed by atoms with Crippen molar-refractivity contribution in [2.45, 2.75) is 32.6 Å². The minimum Gasteiger partial charge on any atom is -0.334 e. The molecule has 92 valence electrons. The summed E-state index contributed by atoms with van der Waals surface area (Å²) >= 11 is 0. The van der Waals surface area contributed by atoms with E-state index < -0.39 is 0 Å². The Morgan fingerprint density at radius 2 is 2.06 bits per heavy atom. The molecule has 0 saturated heterocycles. The van der Waals surface area contributed by atoms with Crippen molar-refractivity contribution < 1.29 is 4.52 Å². The largest absolute Gasteiger partial charge is 0.334 e. The molecular formula is C13H14N4O. The first-order valence-electron chi connectivity index (χ1n) is 6.13. The van der Waals surface area contributed by atoms with Crippen LogP contribution in [0.5, 0.6) is 0 Å². The number of aromatic nitrogens is 4. The highest BCUT2D eigenvalue weighted by atomic mass is 16.5. The third-order valence-corrected chi connectivity index (χ3v) is 3.28. The molecular weight excluding hydrogens is 228 g/mol. The van der Waals surface area contributed by atoms with Crippen LogP contribution < -0.4 is 0 Å². The average Bonchev–Trinajstić information content (AvgIpc) is 3.10. The molecule has 0 aliphatic heterocycles. The van der Waals surface area contributed by atoms with Gasteiger partial charge in [0.25, 0.3) is 5.89 Å². The molecule has 2 aromatic rings. The van der Waals surface area contributed by atoms with Gasteiger partial charge in [0.15, 0.2) is 0 Å². The van der Waals surface area contributed by atoms with Gasteiger partial charge in [-0.15, -0.1) is 0 Å². The second-order valence-electron chi connectivity index (χ2n) is 4.45. The molecule has 5 nitrogen and oxygen atoms in total. The molecule has 1 fully saturated rings. The van der Waals surface area contributed by atoms with Gasteiger partial charge in [0.1, 0.15) is 5.69 Å². The third-order valence-electron chi connectivity index (χ3n) is 3.28. The first kappa shape index (κ1) is 11.1. The van der Waals surface area contributed by atoms with E-state index in [0.717, 1.165) is 18.4 Å². The topological polar surface area (TPSA) is 64.7 Å². The van der Waals surface area contributed by atoms with Crippen LogP contribution in [0.15, 0.2) is 28.7 Å². The van der Waals surface area contributed by atoms with Crippen molar-refractivity contribution in [3.8, 4) is 11.5 Å². The normalized spacial score (nSPS) is 15.1. The summed E-state index contributed by atoms with van der Waals surface area (Å²) in [4.78, 5) is 12.5. The fourth-order valence-electron chi connectivity index (χ4n) is 2.22. The molecule has 1 saturated carbocycles. The minimum absolute atomic E-state index is 0.496. The van der Waals surface area contributed by atoms with Gasteiger partial charge < -0.3 is 4.52 Å². The van der Waals surface area contributed by atoms with Crippen molar-refractivity contribution in [3.05, 3.63) is 30.1 Å². The Labute approximate surface area is 105 Å². The van der Waals surface area contributed by atoms with Gasteiger partial charge in [-0.05, 0) is 32.6 Å². The first-order chi connectivity index (χ1) is 8.84. The quantitative estimate of drug-likeness (QED) is 0.810. The molecule has 2 aromatic heterocycles. The minimum atomic E-state index is 0.496. The fraction of sp³-hybridized carbons (Fsp3) is 0.385. The summed E-state index contributed by atoms with van der Waals surface area (Å²) in [5.41, 5.74) is 3.19. The van der Waals surface area contributed by atoms with E-state index >= 15 is 0 Å². The van der Waals surface area contributed by atoms with Gasteiger partial charge in [0, 0.05) is 18.0 Å². The molecule has 1 aliphatic carbocycles. The van der Waals surface area contributed by atoms with Crippen LogP contribution in [0.3, 0.4) is 0 Å². The maximum atomic E-state index is 5.31. The SMILES string of the molecule is CC(=C1CCCC1)c1nc(-c2cnccn2)no1. The lowest BCUT2D eigenvalue weighted by molar-refractivity contribution is 0.407. The molecule has 1 aliphatic rings. The zero-order valence-corrected chi connectivity index (χ0v) is 10.3. The van der Waals surface area contributed by atoms with Gasteiger partial charge in [0.05, 0.1) is 6.20 Å². The zero-order valence-electron chi connectivity index (χ0n) is 10.3. The first-order valence-corrected chi connectivity index (χ1v) is 6.13. The summed E-state index contributed by atoms with van der Waals surface area (Å²) in [6.07, 6.45) is 9.69. The van der Waals surface area contributed by atoms with Crippen LogP contribution in [-0.4, -0.2) is 20.1 Å². The van der Waals surface area contributed by atoms with E-state index in [4.69, 9.17) is 4.52 Å². The van der Waals surface area contributed by atoms with E-state index in [-0.39, 0.29) is 0 Å². The van der Waals surface area contributed by atoms with Crippen LogP contribution in [0.2, 0.25) is 0 Å².